The number of fused-ring (bicyclic) bond motifs is 3. The van der Waals surface area contributed by atoms with Crippen LogP contribution in [-0.2, 0) is 0 Å². The number of nitrogens with zero attached hydrogens (tertiary/aromatic N) is 2. The molecule has 0 saturated heterocycles. The Labute approximate surface area is 193 Å². The van der Waals surface area contributed by atoms with Crippen LogP contribution in [-0.4, -0.2) is 23.9 Å². The summed E-state index contributed by atoms with van der Waals surface area (Å²) in [6.45, 7) is 5.17. The second kappa shape index (κ2) is 8.75. The molecular formula is C26H25ClN2O3. The maximum absolute atomic E-state index is 6.58. The highest BCUT2D eigenvalue weighted by Gasteiger charge is 2.42. The van der Waals surface area contributed by atoms with Crippen LogP contribution in [0.4, 0.5) is 0 Å². The Balaban J connectivity index is 1.57. The fourth-order valence-corrected chi connectivity index (χ4v) is 4.55. The summed E-state index contributed by atoms with van der Waals surface area (Å²) in [5.41, 5.74) is 4.04. The average molecular weight is 449 g/mol. The Morgan fingerprint density at radius 3 is 2.44 bits per heavy atom. The third-order valence-electron chi connectivity index (χ3n) is 5.75. The van der Waals surface area contributed by atoms with Crippen molar-refractivity contribution in [2.24, 2.45) is 5.10 Å². The van der Waals surface area contributed by atoms with Crippen molar-refractivity contribution in [2.75, 3.05) is 13.2 Å². The molecule has 0 aromatic heterocycles. The summed E-state index contributed by atoms with van der Waals surface area (Å²) in [7, 11) is 0. The molecule has 6 heteroatoms. The van der Waals surface area contributed by atoms with Gasteiger partial charge in [-0.2, -0.15) is 5.10 Å². The van der Waals surface area contributed by atoms with Gasteiger partial charge in [-0.15, -0.1) is 0 Å². The molecule has 0 amide bonds. The van der Waals surface area contributed by atoms with E-state index in [0.29, 0.717) is 18.2 Å². The van der Waals surface area contributed by atoms with Gasteiger partial charge < -0.3 is 14.2 Å². The molecule has 2 heterocycles. The standard InChI is InChI=1S/C26H25ClN2O3/c1-3-30-18-14-12-17(13-15-18)22-16-23-20-9-7-11-24(31-4-2)25(20)32-26(29(23)28-22)19-8-5-6-10-21(19)27/h5-15,23,26H,3-4,16H2,1-2H3/t23-,26-/m0/s1. The van der Waals surface area contributed by atoms with Gasteiger partial charge in [0.25, 0.3) is 0 Å². The Bertz CT molecular complexity index is 1150. The zero-order chi connectivity index (χ0) is 22.1. The minimum absolute atomic E-state index is 0.0296. The van der Waals surface area contributed by atoms with Crippen LogP contribution in [0.1, 0.15) is 49.2 Å². The molecule has 0 fully saturated rings. The molecule has 164 valence electrons. The molecule has 0 saturated carbocycles. The molecule has 0 aliphatic carbocycles. The molecular weight excluding hydrogens is 424 g/mol. The van der Waals surface area contributed by atoms with Crippen LogP contribution in [0, 0.1) is 0 Å². The molecule has 0 N–H and O–H groups in total. The second-order valence-corrected chi connectivity index (χ2v) is 8.11. The lowest BCUT2D eigenvalue weighted by molar-refractivity contribution is -0.0211. The van der Waals surface area contributed by atoms with Gasteiger partial charge in [-0.05, 0) is 55.8 Å². The van der Waals surface area contributed by atoms with Crippen LogP contribution in [0.25, 0.3) is 0 Å². The monoisotopic (exact) mass is 448 g/mol. The third kappa shape index (κ3) is 3.67. The van der Waals surface area contributed by atoms with Gasteiger partial charge in [0.2, 0.25) is 6.23 Å². The van der Waals surface area contributed by atoms with E-state index in [1.807, 2.05) is 67.4 Å². The van der Waals surface area contributed by atoms with Crippen molar-refractivity contribution in [1.29, 1.82) is 0 Å². The zero-order valence-electron chi connectivity index (χ0n) is 18.1. The minimum atomic E-state index is -0.442. The fraction of sp³-hybridized carbons (Fsp3) is 0.269. The molecule has 0 bridgehead atoms. The lowest BCUT2D eigenvalue weighted by Crippen LogP contribution is -2.34. The number of para-hydroxylation sites is 1. The predicted octanol–water partition coefficient (Wildman–Crippen LogP) is 6.38. The first-order valence-electron chi connectivity index (χ1n) is 11.0. The number of hydrogen-bond acceptors (Lipinski definition) is 5. The number of halogens is 1. The molecule has 5 rings (SSSR count). The second-order valence-electron chi connectivity index (χ2n) is 7.70. The number of hydrogen-bond donors (Lipinski definition) is 0. The van der Waals surface area contributed by atoms with Gasteiger partial charge >= 0.3 is 0 Å². The van der Waals surface area contributed by atoms with Gasteiger partial charge in [0.05, 0.1) is 25.0 Å². The third-order valence-corrected chi connectivity index (χ3v) is 6.09. The SMILES string of the molecule is CCOc1ccc(C2=NN3[C@@H](C2)c2cccc(OCC)c2O[C@H]3c2ccccc2Cl)cc1. The van der Waals surface area contributed by atoms with Gasteiger partial charge in [0, 0.05) is 22.6 Å². The topological polar surface area (TPSA) is 43.3 Å². The summed E-state index contributed by atoms with van der Waals surface area (Å²) in [5.74, 6) is 2.37. The maximum Gasteiger partial charge on any atom is 0.215 e. The molecule has 2 aliphatic rings. The van der Waals surface area contributed by atoms with E-state index in [4.69, 9.17) is 30.9 Å². The van der Waals surface area contributed by atoms with Crippen molar-refractivity contribution in [3.63, 3.8) is 0 Å². The van der Waals surface area contributed by atoms with E-state index in [0.717, 1.165) is 46.1 Å². The van der Waals surface area contributed by atoms with Crippen molar-refractivity contribution >= 4 is 17.3 Å². The summed E-state index contributed by atoms with van der Waals surface area (Å²) >= 11 is 6.58. The smallest absolute Gasteiger partial charge is 0.215 e. The predicted molar refractivity (Wildman–Crippen MR) is 126 cm³/mol. The largest absolute Gasteiger partial charge is 0.494 e. The van der Waals surface area contributed by atoms with Gasteiger partial charge in [-0.1, -0.05) is 41.9 Å². The highest BCUT2D eigenvalue weighted by Crippen LogP contribution is 2.51. The molecule has 2 atom stereocenters. The molecule has 32 heavy (non-hydrogen) atoms. The van der Waals surface area contributed by atoms with E-state index in [2.05, 4.69) is 18.2 Å². The van der Waals surface area contributed by atoms with Crippen LogP contribution in [0.2, 0.25) is 5.02 Å². The van der Waals surface area contributed by atoms with E-state index in [1.165, 1.54) is 0 Å². The van der Waals surface area contributed by atoms with E-state index >= 15 is 0 Å². The molecule has 0 radical (unpaired) electrons. The summed E-state index contributed by atoms with van der Waals surface area (Å²) in [4.78, 5) is 0. The molecule has 0 spiro atoms. The van der Waals surface area contributed by atoms with Crippen LogP contribution in [0.15, 0.2) is 71.8 Å². The Morgan fingerprint density at radius 2 is 1.69 bits per heavy atom. The highest BCUT2D eigenvalue weighted by molar-refractivity contribution is 6.31. The van der Waals surface area contributed by atoms with Crippen LogP contribution in [0.3, 0.4) is 0 Å². The van der Waals surface area contributed by atoms with Gasteiger partial charge in [-0.3, -0.25) is 0 Å². The first-order valence-corrected chi connectivity index (χ1v) is 11.3. The van der Waals surface area contributed by atoms with E-state index < -0.39 is 6.23 Å². The summed E-state index contributed by atoms with van der Waals surface area (Å²) in [5, 5.41) is 7.70. The van der Waals surface area contributed by atoms with Crippen LogP contribution < -0.4 is 14.2 Å². The Kier molecular flexibility index (Phi) is 5.66. The quantitative estimate of drug-likeness (QED) is 0.439. The highest BCUT2D eigenvalue weighted by atomic mass is 35.5. The number of ether oxygens (including phenoxy) is 3. The number of benzene rings is 3. The normalized spacial score (nSPS) is 19.0. The molecule has 3 aromatic carbocycles. The van der Waals surface area contributed by atoms with Gasteiger partial charge in [0.15, 0.2) is 11.5 Å². The average Bonchev–Trinajstić information content (AvgIpc) is 3.26. The Morgan fingerprint density at radius 1 is 0.938 bits per heavy atom. The lowest BCUT2D eigenvalue weighted by atomic mass is 9.95. The van der Waals surface area contributed by atoms with Crippen molar-refractivity contribution in [1.82, 2.24) is 5.01 Å². The summed E-state index contributed by atoms with van der Waals surface area (Å²) in [6, 6.07) is 21.9. The lowest BCUT2D eigenvalue weighted by Gasteiger charge is -2.39. The van der Waals surface area contributed by atoms with E-state index in [1.54, 1.807) is 0 Å². The van der Waals surface area contributed by atoms with Crippen molar-refractivity contribution in [3.05, 3.63) is 88.4 Å². The van der Waals surface area contributed by atoms with Gasteiger partial charge in [0.1, 0.15) is 5.75 Å². The van der Waals surface area contributed by atoms with Crippen molar-refractivity contribution in [3.8, 4) is 17.2 Å². The van der Waals surface area contributed by atoms with Crippen molar-refractivity contribution in [2.45, 2.75) is 32.5 Å². The summed E-state index contributed by atoms with van der Waals surface area (Å²) in [6.07, 6.45) is 0.323. The number of hydrazone groups is 1. The minimum Gasteiger partial charge on any atom is -0.494 e. The first-order chi connectivity index (χ1) is 15.7. The van der Waals surface area contributed by atoms with Crippen LogP contribution >= 0.6 is 11.6 Å². The molecule has 2 aliphatic heterocycles. The maximum atomic E-state index is 6.58. The molecule has 3 aromatic rings. The molecule has 0 unspecified atom stereocenters. The fourth-order valence-electron chi connectivity index (χ4n) is 4.32. The zero-order valence-corrected chi connectivity index (χ0v) is 18.9. The van der Waals surface area contributed by atoms with E-state index in [-0.39, 0.29) is 6.04 Å². The first kappa shape index (κ1) is 20.7. The van der Waals surface area contributed by atoms with E-state index in [9.17, 15) is 0 Å². The van der Waals surface area contributed by atoms with Crippen molar-refractivity contribution < 1.29 is 14.2 Å². The summed E-state index contributed by atoms with van der Waals surface area (Å²) < 4.78 is 18.0. The number of rotatable bonds is 6. The van der Waals surface area contributed by atoms with Crippen LogP contribution in [0.5, 0.6) is 17.2 Å². The van der Waals surface area contributed by atoms with Gasteiger partial charge in [-0.25, -0.2) is 5.01 Å². The molecule has 5 nitrogen and oxygen atoms in total. The Hall–Kier alpha value is -3.18.